The quantitative estimate of drug-likeness (QED) is 0.732. The molecule has 0 aromatic carbocycles. The van der Waals surface area contributed by atoms with Gasteiger partial charge in [-0.25, -0.2) is 4.79 Å². The second-order valence-corrected chi connectivity index (χ2v) is 6.06. The summed E-state index contributed by atoms with van der Waals surface area (Å²) in [5, 5.41) is 0. The molecule has 19 heavy (non-hydrogen) atoms. The molecule has 0 N–H and O–H groups in total. The van der Waals surface area contributed by atoms with Crippen LogP contribution < -0.4 is 0 Å². The zero-order chi connectivity index (χ0) is 14.0. The Morgan fingerprint density at radius 1 is 1.47 bits per heavy atom. The van der Waals surface area contributed by atoms with Crippen LogP contribution in [0.25, 0.3) is 0 Å². The van der Waals surface area contributed by atoms with Gasteiger partial charge in [-0.1, -0.05) is 20.8 Å². The number of carbonyl (C=O) groups excluding carboxylic acids is 1. The minimum atomic E-state index is -0.213. The number of fused-ring (bicyclic) bond motifs is 1. The zero-order valence-corrected chi connectivity index (χ0v) is 12.3. The first-order chi connectivity index (χ1) is 9.01. The highest BCUT2D eigenvalue weighted by Crippen LogP contribution is 2.38. The third kappa shape index (κ3) is 3.20. The molecule has 0 spiro atoms. The average Bonchev–Trinajstić information content (AvgIpc) is 2.36. The van der Waals surface area contributed by atoms with Crippen LogP contribution in [0.3, 0.4) is 0 Å². The number of allylic oxidation sites excluding steroid dienone is 2. The van der Waals surface area contributed by atoms with Crippen LogP contribution in [0.15, 0.2) is 23.5 Å². The first kappa shape index (κ1) is 14.2. The summed E-state index contributed by atoms with van der Waals surface area (Å²) in [4.78, 5) is 11.6. The lowest BCUT2D eigenvalue weighted by molar-refractivity contribution is -0.136. The van der Waals surface area contributed by atoms with E-state index in [2.05, 4.69) is 26.8 Å². The summed E-state index contributed by atoms with van der Waals surface area (Å²) in [6.45, 7) is 6.63. The fraction of sp³-hybridized carbons (Fsp3) is 0.688. The second kappa shape index (κ2) is 5.81. The maximum Gasteiger partial charge on any atom is 0.333 e. The topological polar surface area (TPSA) is 35.5 Å². The Morgan fingerprint density at radius 3 is 2.84 bits per heavy atom. The van der Waals surface area contributed by atoms with E-state index in [1.165, 1.54) is 7.11 Å². The van der Waals surface area contributed by atoms with Crippen molar-refractivity contribution in [1.82, 2.24) is 0 Å². The molecule has 3 nitrogen and oxygen atoms in total. The van der Waals surface area contributed by atoms with Crippen LogP contribution in [0.4, 0.5) is 0 Å². The fourth-order valence-electron chi connectivity index (χ4n) is 3.03. The molecule has 1 aliphatic carbocycles. The summed E-state index contributed by atoms with van der Waals surface area (Å²) in [5.74, 6) is 2.45. The molecule has 3 atom stereocenters. The number of hydrogen-bond acceptors (Lipinski definition) is 3. The summed E-state index contributed by atoms with van der Waals surface area (Å²) >= 11 is 0. The molecule has 0 fully saturated rings. The van der Waals surface area contributed by atoms with Gasteiger partial charge in [0.25, 0.3) is 0 Å². The maximum absolute atomic E-state index is 11.6. The van der Waals surface area contributed by atoms with Gasteiger partial charge in [0, 0.05) is 17.9 Å². The lowest BCUT2D eigenvalue weighted by Crippen LogP contribution is -2.34. The highest BCUT2D eigenvalue weighted by molar-refractivity contribution is 5.88. The van der Waals surface area contributed by atoms with E-state index in [0.717, 1.165) is 30.6 Å². The fourth-order valence-corrected chi connectivity index (χ4v) is 3.03. The van der Waals surface area contributed by atoms with Gasteiger partial charge in [-0.15, -0.1) is 0 Å². The van der Waals surface area contributed by atoms with E-state index in [1.54, 1.807) is 0 Å². The molecule has 0 saturated heterocycles. The van der Waals surface area contributed by atoms with Gasteiger partial charge in [0.2, 0.25) is 0 Å². The van der Waals surface area contributed by atoms with E-state index in [-0.39, 0.29) is 12.1 Å². The van der Waals surface area contributed by atoms with E-state index < -0.39 is 0 Å². The summed E-state index contributed by atoms with van der Waals surface area (Å²) in [6.07, 6.45) is 7.04. The highest BCUT2D eigenvalue weighted by Gasteiger charge is 2.35. The van der Waals surface area contributed by atoms with E-state index in [9.17, 15) is 4.79 Å². The largest absolute Gasteiger partial charge is 0.491 e. The van der Waals surface area contributed by atoms with E-state index >= 15 is 0 Å². The number of ether oxygens (including phenoxy) is 2. The van der Waals surface area contributed by atoms with Gasteiger partial charge in [0.05, 0.1) is 12.9 Å². The van der Waals surface area contributed by atoms with Crippen molar-refractivity contribution in [2.24, 2.45) is 17.8 Å². The molecule has 0 bridgehead atoms. The van der Waals surface area contributed by atoms with Gasteiger partial charge >= 0.3 is 5.97 Å². The molecule has 0 aromatic heterocycles. The molecule has 2 aliphatic rings. The molecule has 1 heterocycles. The monoisotopic (exact) mass is 264 g/mol. The molecule has 0 radical (unpaired) electrons. The molecule has 0 aromatic rings. The minimum absolute atomic E-state index is 0.0385. The molecule has 0 amide bonds. The van der Waals surface area contributed by atoms with Crippen molar-refractivity contribution < 1.29 is 14.3 Å². The molecule has 1 aliphatic heterocycles. The summed E-state index contributed by atoms with van der Waals surface area (Å²) in [7, 11) is 1.43. The van der Waals surface area contributed by atoms with Gasteiger partial charge in [0.1, 0.15) is 6.10 Å². The zero-order valence-electron chi connectivity index (χ0n) is 12.3. The van der Waals surface area contributed by atoms with Crippen molar-refractivity contribution in [3.8, 4) is 0 Å². The van der Waals surface area contributed by atoms with Crippen LogP contribution in [0.1, 0.15) is 40.0 Å². The second-order valence-electron chi connectivity index (χ2n) is 6.06. The van der Waals surface area contributed by atoms with Crippen molar-refractivity contribution in [3.63, 3.8) is 0 Å². The maximum atomic E-state index is 11.6. The van der Waals surface area contributed by atoms with Crippen LogP contribution in [-0.2, 0) is 14.3 Å². The Morgan fingerprint density at radius 2 is 2.21 bits per heavy atom. The number of esters is 1. The standard InChI is InChI=1S/C16H24O3/c1-10(2)7-13-8-11(3)14-6-5-12(16(17)18-4)9-15(14)19-13/h8-11,14-15H,5-7H2,1-4H3. The molecular weight excluding hydrogens is 240 g/mol. The Hall–Kier alpha value is -1.25. The lowest BCUT2D eigenvalue weighted by Gasteiger charge is -2.38. The highest BCUT2D eigenvalue weighted by atomic mass is 16.5. The van der Waals surface area contributed by atoms with Gasteiger partial charge in [-0.05, 0) is 36.8 Å². The van der Waals surface area contributed by atoms with Crippen LogP contribution in [0.2, 0.25) is 0 Å². The van der Waals surface area contributed by atoms with Crippen LogP contribution in [0, 0.1) is 17.8 Å². The first-order valence-corrected chi connectivity index (χ1v) is 7.17. The number of rotatable bonds is 3. The smallest absolute Gasteiger partial charge is 0.333 e. The van der Waals surface area contributed by atoms with Crippen LogP contribution >= 0.6 is 0 Å². The van der Waals surface area contributed by atoms with Crippen molar-refractivity contribution >= 4 is 5.97 Å². The summed E-state index contributed by atoms with van der Waals surface area (Å²) < 4.78 is 10.9. The predicted octanol–water partition coefficient (Wildman–Crippen LogP) is 3.46. The van der Waals surface area contributed by atoms with E-state index in [1.807, 2.05) is 6.08 Å². The van der Waals surface area contributed by atoms with E-state index in [0.29, 0.717) is 17.8 Å². The number of hydrogen-bond donors (Lipinski definition) is 0. The van der Waals surface area contributed by atoms with Crippen LogP contribution in [0.5, 0.6) is 0 Å². The lowest BCUT2D eigenvalue weighted by atomic mass is 9.77. The Kier molecular flexibility index (Phi) is 4.33. The van der Waals surface area contributed by atoms with Gasteiger partial charge in [0.15, 0.2) is 0 Å². The Labute approximate surface area is 115 Å². The molecule has 3 unspecified atom stereocenters. The molecular formula is C16H24O3. The molecule has 2 rings (SSSR count). The van der Waals surface area contributed by atoms with E-state index in [4.69, 9.17) is 9.47 Å². The summed E-state index contributed by atoms with van der Waals surface area (Å²) in [5.41, 5.74) is 0.766. The Bertz CT molecular complexity index is 406. The average molecular weight is 264 g/mol. The summed E-state index contributed by atoms with van der Waals surface area (Å²) in [6, 6.07) is 0. The van der Waals surface area contributed by atoms with Crippen molar-refractivity contribution in [2.45, 2.75) is 46.1 Å². The number of methoxy groups -OCH3 is 1. The minimum Gasteiger partial charge on any atom is -0.491 e. The molecule has 106 valence electrons. The SMILES string of the molecule is COC(=O)C1=CC2OC(CC(C)C)=CC(C)C2CC1. The van der Waals surface area contributed by atoms with Gasteiger partial charge in [-0.3, -0.25) is 0 Å². The normalized spacial score (nSPS) is 30.1. The predicted molar refractivity (Wildman–Crippen MR) is 74.4 cm³/mol. The Balaban J connectivity index is 2.14. The van der Waals surface area contributed by atoms with Crippen molar-refractivity contribution in [3.05, 3.63) is 23.5 Å². The first-order valence-electron chi connectivity index (χ1n) is 7.17. The number of carbonyl (C=O) groups is 1. The van der Waals surface area contributed by atoms with Gasteiger partial charge < -0.3 is 9.47 Å². The molecule has 0 saturated carbocycles. The van der Waals surface area contributed by atoms with Crippen molar-refractivity contribution in [2.75, 3.05) is 7.11 Å². The molecule has 3 heteroatoms. The third-order valence-electron chi connectivity index (χ3n) is 4.00. The van der Waals surface area contributed by atoms with Crippen molar-refractivity contribution in [1.29, 1.82) is 0 Å². The third-order valence-corrected chi connectivity index (χ3v) is 4.00. The van der Waals surface area contributed by atoms with Gasteiger partial charge in [-0.2, -0.15) is 0 Å². The van der Waals surface area contributed by atoms with Crippen LogP contribution in [-0.4, -0.2) is 19.2 Å².